The van der Waals surface area contributed by atoms with Crippen LogP contribution in [-0.4, -0.2) is 11.1 Å². The van der Waals surface area contributed by atoms with Crippen molar-refractivity contribution in [2.45, 2.75) is 0 Å². The summed E-state index contributed by atoms with van der Waals surface area (Å²) in [4.78, 5) is 11.6. The highest BCUT2D eigenvalue weighted by Crippen LogP contribution is 2.37. The molecule has 3 aromatic carbocycles. The van der Waals surface area contributed by atoms with Gasteiger partial charge in [0.25, 0.3) is 0 Å². The molecule has 0 amide bonds. The quantitative estimate of drug-likeness (QED) is 0.584. The molecule has 0 radical (unpaired) electrons. The van der Waals surface area contributed by atoms with Crippen LogP contribution in [0.4, 0.5) is 0 Å². The van der Waals surface area contributed by atoms with Gasteiger partial charge in [-0.1, -0.05) is 60.7 Å². The van der Waals surface area contributed by atoms with Gasteiger partial charge in [-0.05, 0) is 28.8 Å². The lowest BCUT2D eigenvalue weighted by molar-refractivity contribution is 0.0695. The molecule has 0 bridgehead atoms. The second-order valence-corrected chi connectivity index (χ2v) is 7.46. The number of carboxylic acid groups (broad SMARTS) is 1. The molecule has 0 aliphatic rings. The zero-order valence-electron chi connectivity index (χ0n) is 12.5. The van der Waals surface area contributed by atoms with Crippen molar-refractivity contribution in [2.75, 3.05) is 0 Å². The zero-order valence-corrected chi connectivity index (χ0v) is 14.6. The van der Waals surface area contributed by atoms with E-state index in [4.69, 9.17) is 0 Å². The van der Waals surface area contributed by atoms with Crippen molar-refractivity contribution in [2.24, 2.45) is 0 Å². The fourth-order valence-electron chi connectivity index (χ4n) is 2.57. The largest absolute Gasteiger partial charge is 0.478 e. The van der Waals surface area contributed by atoms with Crippen molar-refractivity contribution in [3.63, 3.8) is 0 Å². The van der Waals surface area contributed by atoms with E-state index in [1.807, 2.05) is 36.4 Å². The Bertz CT molecular complexity index is 953. The van der Waals surface area contributed by atoms with Gasteiger partial charge in [-0.3, -0.25) is 0 Å². The van der Waals surface area contributed by atoms with Crippen LogP contribution in [0.2, 0.25) is 0 Å². The van der Waals surface area contributed by atoms with Crippen molar-refractivity contribution in [1.29, 1.82) is 0 Å². The molecule has 0 aromatic heterocycles. The predicted molar refractivity (Wildman–Crippen MR) is 98.4 cm³/mol. The Morgan fingerprint density at radius 3 is 1.79 bits per heavy atom. The third kappa shape index (κ3) is 3.21. The predicted octanol–water partition coefficient (Wildman–Crippen LogP) is 5.09. The number of hydrogen-bond donors (Lipinski definition) is 1. The number of carboxylic acids is 1. The molecule has 0 unspecified atom stereocenters. The maximum Gasteiger partial charge on any atom is 0.342 e. The van der Waals surface area contributed by atoms with E-state index in [0.717, 1.165) is 5.56 Å². The molecule has 0 saturated heterocycles. The molecule has 120 valence electrons. The molecule has 5 heteroatoms. The van der Waals surface area contributed by atoms with E-state index in [1.165, 1.54) is 6.07 Å². The molecule has 0 aliphatic heterocycles. The van der Waals surface area contributed by atoms with Crippen LogP contribution in [0.15, 0.2) is 72.8 Å². The van der Waals surface area contributed by atoms with Gasteiger partial charge in [0.15, 0.2) is 0 Å². The maximum absolute atomic E-state index is 11.8. The molecular formula is C19H13IO4. The summed E-state index contributed by atoms with van der Waals surface area (Å²) in [6.07, 6.45) is 0. The Balaban J connectivity index is 2.37. The van der Waals surface area contributed by atoms with Gasteiger partial charge in [-0.2, -0.15) is 0 Å². The summed E-state index contributed by atoms with van der Waals surface area (Å²) in [5, 5.41) is 9.50. The summed E-state index contributed by atoms with van der Waals surface area (Å²) in [5.41, 5.74) is 2.45. The molecule has 3 aromatic rings. The lowest BCUT2D eigenvalue weighted by Crippen LogP contribution is -2.03. The molecule has 24 heavy (non-hydrogen) atoms. The summed E-state index contributed by atoms with van der Waals surface area (Å²) in [6, 6.07) is 21.4. The number of rotatable bonds is 4. The van der Waals surface area contributed by atoms with Crippen molar-refractivity contribution < 1.29 is 16.0 Å². The van der Waals surface area contributed by atoms with Crippen molar-refractivity contribution >= 4 is 25.8 Å². The van der Waals surface area contributed by atoms with E-state index in [-0.39, 0.29) is 9.13 Å². The van der Waals surface area contributed by atoms with Crippen LogP contribution in [0.3, 0.4) is 0 Å². The van der Waals surface area contributed by atoms with E-state index >= 15 is 0 Å². The van der Waals surface area contributed by atoms with E-state index in [1.54, 1.807) is 30.3 Å². The van der Waals surface area contributed by atoms with Crippen LogP contribution in [0, 0.1) is 3.57 Å². The Kier molecular flexibility index (Phi) is 4.71. The minimum atomic E-state index is -4.01. The summed E-state index contributed by atoms with van der Waals surface area (Å²) < 4.78 is 23.6. The second-order valence-electron chi connectivity index (χ2n) is 5.14. The topological polar surface area (TPSA) is 71.4 Å². The molecule has 4 nitrogen and oxygen atoms in total. The van der Waals surface area contributed by atoms with E-state index in [9.17, 15) is 16.0 Å². The van der Waals surface area contributed by atoms with Crippen LogP contribution in [-0.2, 0) is 6.14 Å². The highest BCUT2D eigenvalue weighted by atomic mass is 127. The molecule has 3 rings (SSSR count). The Morgan fingerprint density at radius 2 is 1.29 bits per heavy atom. The van der Waals surface area contributed by atoms with E-state index < -0.39 is 25.8 Å². The Labute approximate surface area is 145 Å². The fraction of sp³-hybridized carbons (Fsp3) is 0. The van der Waals surface area contributed by atoms with Crippen molar-refractivity contribution in [3.8, 4) is 22.3 Å². The number of carbonyl (C=O) groups is 1. The van der Waals surface area contributed by atoms with Crippen LogP contribution in [0.5, 0.6) is 0 Å². The Hall–Kier alpha value is -2.54. The van der Waals surface area contributed by atoms with E-state index in [2.05, 4.69) is 0 Å². The standard InChI is InChI=1S/C19H13IO4/c21-19(22)17-12-15(13-7-3-1-4-8-13)11-16(18(17)20(23)24)14-9-5-2-6-10-14/h1-12H,(H,21,22). The SMILES string of the molecule is O=C(O)c1cc(-c2ccccc2)cc(-c2ccccc2)c1I(=O)=O. The first-order chi connectivity index (χ1) is 11.6. The van der Waals surface area contributed by atoms with Crippen molar-refractivity contribution in [1.82, 2.24) is 0 Å². The lowest BCUT2D eigenvalue weighted by Gasteiger charge is -2.11. The lowest BCUT2D eigenvalue weighted by atomic mass is 9.96. The second kappa shape index (κ2) is 6.92. The number of hydrogen-bond acceptors (Lipinski definition) is 3. The van der Waals surface area contributed by atoms with Gasteiger partial charge in [0.1, 0.15) is 0 Å². The fourth-order valence-corrected chi connectivity index (χ4v) is 4.37. The van der Waals surface area contributed by atoms with Gasteiger partial charge in [0.05, 0.1) is 9.13 Å². The van der Waals surface area contributed by atoms with Gasteiger partial charge >= 0.3 is 25.8 Å². The summed E-state index contributed by atoms with van der Waals surface area (Å²) >= 11 is -4.01. The molecular weight excluding hydrogens is 419 g/mol. The van der Waals surface area contributed by atoms with Gasteiger partial charge in [-0.25, -0.2) is 10.9 Å². The van der Waals surface area contributed by atoms with Crippen LogP contribution in [0.25, 0.3) is 22.3 Å². The third-order valence-corrected chi connectivity index (χ3v) is 5.69. The average molecular weight is 432 g/mol. The average Bonchev–Trinajstić information content (AvgIpc) is 2.62. The van der Waals surface area contributed by atoms with Gasteiger partial charge < -0.3 is 5.11 Å². The molecule has 1 N–H and O–H groups in total. The van der Waals surface area contributed by atoms with Crippen molar-refractivity contribution in [3.05, 3.63) is 81.9 Å². The molecule has 0 heterocycles. The van der Waals surface area contributed by atoms with Crippen LogP contribution in [0.1, 0.15) is 10.4 Å². The summed E-state index contributed by atoms with van der Waals surface area (Å²) in [7, 11) is 0. The number of aromatic carboxylic acids is 1. The zero-order chi connectivity index (χ0) is 17.1. The molecule has 0 atom stereocenters. The maximum atomic E-state index is 11.8. The highest BCUT2D eigenvalue weighted by molar-refractivity contribution is 14.2. The molecule has 0 aliphatic carbocycles. The first-order valence-electron chi connectivity index (χ1n) is 7.15. The van der Waals surface area contributed by atoms with Gasteiger partial charge in [0.2, 0.25) is 0 Å². The van der Waals surface area contributed by atoms with Crippen LogP contribution < -0.4 is 0 Å². The summed E-state index contributed by atoms with van der Waals surface area (Å²) in [5.74, 6) is -1.24. The molecule has 0 saturated carbocycles. The Morgan fingerprint density at radius 1 is 0.750 bits per heavy atom. The van der Waals surface area contributed by atoms with E-state index in [0.29, 0.717) is 16.7 Å². The van der Waals surface area contributed by atoms with Gasteiger partial charge in [-0.15, -0.1) is 0 Å². The first kappa shape index (κ1) is 16.3. The highest BCUT2D eigenvalue weighted by Gasteiger charge is 2.21. The molecule has 0 spiro atoms. The van der Waals surface area contributed by atoms with Crippen LogP contribution >= 0.6 is 19.8 Å². The normalized spacial score (nSPS) is 10.7. The minimum absolute atomic E-state index is 0.0717. The number of benzene rings is 3. The summed E-state index contributed by atoms with van der Waals surface area (Å²) in [6.45, 7) is 0. The smallest absolute Gasteiger partial charge is 0.342 e. The number of halogens is 1. The van der Waals surface area contributed by atoms with Gasteiger partial charge in [0, 0.05) is 5.56 Å². The minimum Gasteiger partial charge on any atom is -0.478 e. The first-order valence-corrected chi connectivity index (χ1v) is 9.99. The monoisotopic (exact) mass is 432 g/mol. The third-order valence-electron chi connectivity index (χ3n) is 3.65. The molecule has 0 fully saturated rings.